The Labute approximate surface area is 71.4 Å². The summed E-state index contributed by atoms with van der Waals surface area (Å²) in [6, 6.07) is 3.65. The summed E-state index contributed by atoms with van der Waals surface area (Å²) in [7, 11) is 0. The van der Waals surface area contributed by atoms with Crippen LogP contribution < -0.4 is 0 Å². The highest BCUT2D eigenvalue weighted by Crippen LogP contribution is 2.14. The van der Waals surface area contributed by atoms with E-state index in [4.69, 9.17) is 4.74 Å². The first-order chi connectivity index (χ1) is 5.70. The van der Waals surface area contributed by atoms with Crippen LogP contribution in [0.1, 0.15) is 25.5 Å². The zero-order valence-corrected chi connectivity index (χ0v) is 7.15. The topological polar surface area (TPSA) is 39.2 Å². The first-order valence-corrected chi connectivity index (χ1v) is 3.77. The van der Waals surface area contributed by atoms with Crippen molar-refractivity contribution >= 4 is 5.97 Å². The lowest BCUT2D eigenvalue weighted by Crippen LogP contribution is -2.04. The van der Waals surface area contributed by atoms with Crippen molar-refractivity contribution in [1.29, 1.82) is 0 Å². The molecule has 0 amide bonds. The van der Waals surface area contributed by atoms with Crippen LogP contribution in [0.25, 0.3) is 0 Å². The van der Waals surface area contributed by atoms with Crippen molar-refractivity contribution in [3.63, 3.8) is 0 Å². The summed E-state index contributed by atoms with van der Waals surface area (Å²) in [5.41, 5.74) is 0.959. The third-order valence-electron chi connectivity index (χ3n) is 1.52. The largest absolute Gasteiger partial charge is 0.458 e. The summed E-state index contributed by atoms with van der Waals surface area (Å²) in [5, 5.41) is 0. The number of aromatic nitrogens is 1. The maximum Gasteiger partial charge on any atom is 0.303 e. The number of ether oxygens (including phenoxy) is 1. The van der Waals surface area contributed by atoms with Gasteiger partial charge in [-0.1, -0.05) is 0 Å². The minimum atomic E-state index is -0.265. The normalized spacial score (nSPS) is 12.2. The van der Waals surface area contributed by atoms with Crippen LogP contribution in [0.3, 0.4) is 0 Å². The van der Waals surface area contributed by atoms with Gasteiger partial charge in [0.05, 0.1) is 0 Å². The van der Waals surface area contributed by atoms with Crippen LogP contribution in [-0.4, -0.2) is 11.0 Å². The predicted molar refractivity (Wildman–Crippen MR) is 44.4 cm³/mol. The van der Waals surface area contributed by atoms with Gasteiger partial charge in [-0.25, -0.2) is 0 Å². The number of carbonyl (C=O) groups excluding carboxylic acids is 1. The van der Waals surface area contributed by atoms with Gasteiger partial charge in [-0.05, 0) is 24.6 Å². The molecule has 0 spiro atoms. The first-order valence-electron chi connectivity index (χ1n) is 3.77. The van der Waals surface area contributed by atoms with Gasteiger partial charge in [-0.2, -0.15) is 0 Å². The predicted octanol–water partition coefficient (Wildman–Crippen LogP) is 1.71. The summed E-state index contributed by atoms with van der Waals surface area (Å²) < 4.78 is 4.97. The molecule has 0 radical (unpaired) electrons. The molecule has 3 nitrogen and oxygen atoms in total. The lowest BCUT2D eigenvalue weighted by molar-refractivity contribution is -0.145. The second-order valence-corrected chi connectivity index (χ2v) is 2.53. The van der Waals surface area contributed by atoms with E-state index in [1.807, 2.05) is 19.1 Å². The van der Waals surface area contributed by atoms with Crippen LogP contribution in [-0.2, 0) is 9.53 Å². The minimum Gasteiger partial charge on any atom is -0.458 e. The molecule has 3 heteroatoms. The van der Waals surface area contributed by atoms with Gasteiger partial charge < -0.3 is 4.74 Å². The standard InChI is InChI=1S/C9H11NO2/c1-7(12-8(2)11)9-3-5-10-6-4-9/h3-7H,1-2H3/t7-/m0/s1. The van der Waals surface area contributed by atoms with Gasteiger partial charge in [-0.3, -0.25) is 9.78 Å². The number of carbonyl (C=O) groups is 1. The van der Waals surface area contributed by atoms with Crippen molar-refractivity contribution in [3.8, 4) is 0 Å². The Bertz CT molecular complexity index is 258. The number of rotatable bonds is 2. The molecule has 0 N–H and O–H groups in total. The van der Waals surface area contributed by atoms with Gasteiger partial charge in [0.25, 0.3) is 0 Å². The highest BCUT2D eigenvalue weighted by molar-refractivity contribution is 5.66. The zero-order chi connectivity index (χ0) is 8.97. The molecule has 0 saturated heterocycles. The lowest BCUT2D eigenvalue weighted by Gasteiger charge is -2.10. The SMILES string of the molecule is CC(=O)O[C@@H](C)c1ccncc1. The molecule has 64 valence electrons. The van der Waals surface area contributed by atoms with E-state index >= 15 is 0 Å². The molecule has 12 heavy (non-hydrogen) atoms. The second-order valence-electron chi connectivity index (χ2n) is 2.53. The molecule has 0 saturated carbocycles. The summed E-state index contributed by atoms with van der Waals surface area (Å²) >= 11 is 0. The van der Waals surface area contributed by atoms with E-state index in [0.29, 0.717) is 0 Å². The molecule has 0 aliphatic carbocycles. The third-order valence-corrected chi connectivity index (χ3v) is 1.52. The smallest absolute Gasteiger partial charge is 0.303 e. The van der Waals surface area contributed by atoms with Crippen LogP contribution in [0.15, 0.2) is 24.5 Å². The quantitative estimate of drug-likeness (QED) is 0.626. The van der Waals surface area contributed by atoms with E-state index in [1.165, 1.54) is 6.92 Å². The van der Waals surface area contributed by atoms with Crippen molar-refractivity contribution in [3.05, 3.63) is 30.1 Å². The summed E-state index contributed by atoms with van der Waals surface area (Å²) in [6.07, 6.45) is 3.16. The molecule has 0 aliphatic heterocycles. The molecule has 1 aromatic rings. The molecule has 0 aromatic carbocycles. The number of hydrogen-bond donors (Lipinski definition) is 0. The van der Waals surface area contributed by atoms with E-state index in [9.17, 15) is 4.79 Å². The van der Waals surface area contributed by atoms with Gasteiger partial charge in [0.1, 0.15) is 6.10 Å². The lowest BCUT2D eigenvalue weighted by atomic mass is 10.2. The van der Waals surface area contributed by atoms with Crippen LogP contribution in [0, 0.1) is 0 Å². The summed E-state index contributed by atoms with van der Waals surface area (Å²) in [5.74, 6) is -0.265. The third kappa shape index (κ3) is 2.34. The fraction of sp³-hybridized carbons (Fsp3) is 0.333. The maximum absolute atomic E-state index is 10.6. The number of pyridine rings is 1. The molecule has 0 unspecified atom stereocenters. The monoisotopic (exact) mass is 165 g/mol. The van der Waals surface area contributed by atoms with Crippen molar-refractivity contribution in [2.24, 2.45) is 0 Å². The Morgan fingerprint density at radius 3 is 2.58 bits per heavy atom. The highest BCUT2D eigenvalue weighted by Gasteiger charge is 2.06. The number of nitrogens with zero attached hydrogens (tertiary/aromatic N) is 1. The molecular weight excluding hydrogens is 154 g/mol. The second kappa shape index (κ2) is 3.85. The molecule has 0 bridgehead atoms. The highest BCUT2D eigenvalue weighted by atomic mass is 16.5. The Balaban J connectivity index is 2.65. The average molecular weight is 165 g/mol. The minimum absolute atomic E-state index is 0.189. The van der Waals surface area contributed by atoms with E-state index in [0.717, 1.165) is 5.56 Å². The van der Waals surface area contributed by atoms with Gasteiger partial charge in [-0.15, -0.1) is 0 Å². The molecule has 1 atom stereocenters. The average Bonchev–Trinajstić information content (AvgIpc) is 2.05. The van der Waals surface area contributed by atoms with Crippen molar-refractivity contribution in [2.75, 3.05) is 0 Å². The van der Waals surface area contributed by atoms with E-state index < -0.39 is 0 Å². The van der Waals surface area contributed by atoms with E-state index in [-0.39, 0.29) is 12.1 Å². The Hall–Kier alpha value is -1.38. The number of esters is 1. The van der Waals surface area contributed by atoms with Crippen molar-refractivity contribution in [1.82, 2.24) is 4.98 Å². The van der Waals surface area contributed by atoms with Gasteiger partial charge in [0.2, 0.25) is 0 Å². The molecule has 0 fully saturated rings. The van der Waals surface area contributed by atoms with E-state index in [2.05, 4.69) is 4.98 Å². The van der Waals surface area contributed by atoms with E-state index in [1.54, 1.807) is 12.4 Å². The van der Waals surface area contributed by atoms with Crippen molar-refractivity contribution in [2.45, 2.75) is 20.0 Å². The van der Waals surface area contributed by atoms with Crippen molar-refractivity contribution < 1.29 is 9.53 Å². The molecule has 1 rings (SSSR count). The zero-order valence-electron chi connectivity index (χ0n) is 7.15. The van der Waals surface area contributed by atoms with Crippen LogP contribution in [0.2, 0.25) is 0 Å². The Morgan fingerprint density at radius 1 is 1.50 bits per heavy atom. The number of hydrogen-bond acceptors (Lipinski definition) is 3. The molecule has 0 aliphatic rings. The van der Waals surface area contributed by atoms with Crippen LogP contribution in [0.4, 0.5) is 0 Å². The summed E-state index contributed by atoms with van der Waals surface area (Å²) in [4.78, 5) is 14.5. The van der Waals surface area contributed by atoms with Gasteiger partial charge in [0, 0.05) is 19.3 Å². The maximum atomic E-state index is 10.6. The first kappa shape index (κ1) is 8.71. The Morgan fingerprint density at radius 2 is 2.08 bits per heavy atom. The molecular formula is C9H11NO2. The molecule has 1 aromatic heterocycles. The van der Waals surface area contributed by atoms with Crippen LogP contribution in [0.5, 0.6) is 0 Å². The van der Waals surface area contributed by atoms with Gasteiger partial charge >= 0.3 is 5.97 Å². The Kier molecular flexibility index (Phi) is 2.80. The fourth-order valence-corrected chi connectivity index (χ4v) is 0.951. The molecule has 1 heterocycles. The fourth-order valence-electron chi connectivity index (χ4n) is 0.951. The summed E-state index contributed by atoms with van der Waals surface area (Å²) in [6.45, 7) is 3.23. The van der Waals surface area contributed by atoms with Gasteiger partial charge in [0.15, 0.2) is 0 Å². The van der Waals surface area contributed by atoms with Crippen LogP contribution >= 0.6 is 0 Å².